The third-order valence-electron chi connectivity index (χ3n) is 9.72. The van der Waals surface area contributed by atoms with Gasteiger partial charge in [-0.3, -0.25) is 0 Å². The fourth-order valence-electron chi connectivity index (χ4n) is 7.12. The van der Waals surface area contributed by atoms with Crippen LogP contribution in [0.25, 0.3) is 99.9 Å². The fourth-order valence-corrected chi connectivity index (χ4v) is 7.12. The van der Waals surface area contributed by atoms with E-state index >= 15 is 0 Å². The molecule has 51 heavy (non-hydrogen) atoms. The van der Waals surface area contributed by atoms with Crippen LogP contribution in [0, 0.1) is 0 Å². The Morgan fingerprint density at radius 3 is 1.53 bits per heavy atom. The first-order valence-electron chi connectivity index (χ1n) is 17.1. The highest BCUT2D eigenvalue weighted by Gasteiger charge is 2.19. The molecule has 2 heterocycles. The molecule has 0 aliphatic rings. The highest BCUT2D eigenvalue weighted by Crippen LogP contribution is 2.41. The van der Waals surface area contributed by atoms with Gasteiger partial charge in [0.1, 0.15) is 11.2 Å². The van der Waals surface area contributed by atoms with Crippen LogP contribution in [0.3, 0.4) is 0 Å². The summed E-state index contributed by atoms with van der Waals surface area (Å²) in [6, 6.07) is 61.1. The van der Waals surface area contributed by atoms with Crippen molar-refractivity contribution in [1.29, 1.82) is 0 Å². The Bertz CT molecular complexity index is 2840. The molecule has 0 aliphatic carbocycles. The van der Waals surface area contributed by atoms with Gasteiger partial charge in [0.05, 0.1) is 0 Å². The average molecular weight is 652 g/mol. The van der Waals surface area contributed by atoms with Gasteiger partial charge in [0, 0.05) is 32.8 Å². The predicted molar refractivity (Wildman–Crippen MR) is 209 cm³/mol. The van der Waals surface area contributed by atoms with Gasteiger partial charge < -0.3 is 4.42 Å². The number of nitrogens with zero attached hydrogens (tertiary/aromatic N) is 3. The van der Waals surface area contributed by atoms with E-state index in [4.69, 9.17) is 19.4 Å². The van der Waals surface area contributed by atoms with Gasteiger partial charge in [0.2, 0.25) is 0 Å². The molecule has 2 aromatic heterocycles. The first-order valence-corrected chi connectivity index (χ1v) is 17.1. The minimum Gasteiger partial charge on any atom is -0.455 e. The van der Waals surface area contributed by atoms with Gasteiger partial charge in [-0.15, -0.1) is 0 Å². The van der Waals surface area contributed by atoms with Crippen molar-refractivity contribution in [2.45, 2.75) is 0 Å². The highest BCUT2D eigenvalue weighted by atomic mass is 16.3. The maximum Gasteiger partial charge on any atom is 0.164 e. The predicted octanol–water partition coefficient (Wildman–Crippen LogP) is 12.4. The summed E-state index contributed by atoms with van der Waals surface area (Å²) >= 11 is 0. The molecule has 0 amide bonds. The van der Waals surface area contributed by atoms with Crippen LogP contribution < -0.4 is 0 Å². The summed E-state index contributed by atoms with van der Waals surface area (Å²) in [5.41, 5.74) is 9.18. The summed E-state index contributed by atoms with van der Waals surface area (Å²) in [5.74, 6) is 1.89. The van der Waals surface area contributed by atoms with E-state index < -0.39 is 0 Å². The number of furan rings is 1. The summed E-state index contributed by atoms with van der Waals surface area (Å²) in [6.45, 7) is 0. The van der Waals surface area contributed by atoms with Gasteiger partial charge >= 0.3 is 0 Å². The van der Waals surface area contributed by atoms with Crippen LogP contribution in [-0.4, -0.2) is 15.0 Å². The molecule has 0 saturated carbocycles. The van der Waals surface area contributed by atoms with Crippen LogP contribution >= 0.6 is 0 Å². The molecule has 4 heteroatoms. The zero-order valence-corrected chi connectivity index (χ0v) is 27.5. The van der Waals surface area contributed by atoms with Gasteiger partial charge in [-0.2, -0.15) is 0 Å². The second-order valence-electron chi connectivity index (χ2n) is 12.8. The molecular formula is C47H29N3O. The summed E-state index contributed by atoms with van der Waals surface area (Å²) in [4.78, 5) is 15.1. The summed E-state index contributed by atoms with van der Waals surface area (Å²) < 4.78 is 6.59. The molecule has 0 fully saturated rings. The van der Waals surface area contributed by atoms with Crippen LogP contribution in [0.4, 0.5) is 0 Å². The third kappa shape index (κ3) is 5.13. The number of fused-ring (bicyclic) bond motifs is 6. The Balaban J connectivity index is 1.12. The van der Waals surface area contributed by atoms with Crippen molar-refractivity contribution >= 4 is 43.5 Å². The minimum atomic E-state index is 0.621. The SMILES string of the molecule is c1ccc(-c2nc(-c3ccccc3)nc(-c3cc4c5cc(-c6ccc(-c7ccc8ccccc8c7)cc6)ccc5oc4c4ccccc34)n2)cc1. The Morgan fingerprint density at radius 1 is 0.314 bits per heavy atom. The van der Waals surface area contributed by atoms with Crippen LogP contribution in [-0.2, 0) is 0 Å². The molecule has 4 nitrogen and oxygen atoms in total. The van der Waals surface area contributed by atoms with Crippen molar-refractivity contribution in [2.24, 2.45) is 0 Å². The van der Waals surface area contributed by atoms with E-state index in [2.05, 4.69) is 115 Å². The second kappa shape index (κ2) is 11.9. The molecule has 0 unspecified atom stereocenters. The molecular weight excluding hydrogens is 623 g/mol. The molecule has 0 atom stereocenters. The second-order valence-corrected chi connectivity index (χ2v) is 12.8. The molecule has 0 N–H and O–H groups in total. The molecule has 0 bridgehead atoms. The van der Waals surface area contributed by atoms with Crippen LogP contribution in [0.15, 0.2) is 180 Å². The lowest BCUT2D eigenvalue weighted by atomic mass is 9.96. The normalized spacial score (nSPS) is 11.5. The molecule has 10 rings (SSSR count). The highest BCUT2D eigenvalue weighted by molar-refractivity contribution is 6.19. The number of hydrogen-bond donors (Lipinski definition) is 0. The average Bonchev–Trinajstić information content (AvgIpc) is 3.59. The minimum absolute atomic E-state index is 0.621. The lowest BCUT2D eigenvalue weighted by Crippen LogP contribution is -2.00. The van der Waals surface area contributed by atoms with Crippen molar-refractivity contribution in [3.63, 3.8) is 0 Å². The Morgan fingerprint density at radius 2 is 0.843 bits per heavy atom. The Hall–Kier alpha value is -6.91. The fraction of sp³-hybridized carbons (Fsp3) is 0. The van der Waals surface area contributed by atoms with Gasteiger partial charge in [0.15, 0.2) is 17.5 Å². The lowest BCUT2D eigenvalue weighted by Gasteiger charge is -2.11. The van der Waals surface area contributed by atoms with Gasteiger partial charge in [-0.05, 0) is 62.7 Å². The van der Waals surface area contributed by atoms with E-state index in [9.17, 15) is 0 Å². The maximum atomic E-state index is 6.59. The maximum absolute atomic E-state index is 6.59. The van der Waals surface area contributed by atoms with E-state index in [-0.39, 0.29) is 0 Å². The largest absolute Gasteiger partial charge is 0.455 e. The molecule has 0 aliphatic heterocycles. The molecule has 0 saturated heterocycles. The summed E-state index contributed by atoms with van der Waals surface area (Å²) in [6.07, 6.45) is 0. The first-order chi connectivity index (χ1) is 25.2. The zero-order valence-electron chi connectivity index (χ0n) is 27.5. The smallest absolute Gasteiger partial charge is 0.164 e. The van der Waals surface area contributed by atoms with Crippen LogP contribution in [0.2, 0.25) is 0 Å². The number of rotatable bonds is 5. The van der Waals surface area contributed by atoms with Crippen molar-refractivity contribution in [3.05, 3.63) is 176 Å². The third-order valence-corrected chi connectivity index (χ3v) is 9.72. The van der Waals surface area contributed by atoms with Crippen LogP contribution in [0.1, 0.15) is 0 Å². The quantitative estimate of drug-likeness (QED) is 0.186. The van der Waals surface area contributed by atoms with Gasteiger partial charge in [-0.1, -0.05) is 152 Å². The van der Waals surface area contributed by atoms with E-state index in [0.717, 1.165) is 60.5 Å². The van der Waals surface area contributed by atoms with Gasteiger partial charge in [-0.25, -0.2) is 15.0 Å². The van der Waals surface area contributed by atoms with Crippen molar-refractivity contribution in [3.8, 4) is 56.4 Å². The van der Waals surface area contributed by atoms with E-state index in [1.54, 1.807) is 0 Å². The number of aromatic nitrogens is 3. The monoisotopic (exact) mass is 651 g/mol. The lowest BCUT2D eigenvalue weighted by molar-refractivity contribution is 0.673. The Labute approximate surface area is 294 Å². The van der Waals surface area contributed by atoms with E-state index in [1.807, 2.05) is 60.7 Å². The number of benzene rings is 8. The standard InChI is InChI=1S/C47H29N3O/c1-3-12-33(13-4-1)45-48-46(34-14-5-2-6-15-34)50-47(49-45)42-29-41-40-28-37(25-26-43(40)51-44(41)39-18-10-9-17-38(39)42)32-21-19-31(20-22-32)36-24-23-30-11-7-8-16-35(30)27-36/h1-29H. The topological polar surface area (TPSA) is 51.8 Å². The number of hydrogen-bond acceptors (Lipinski definition) is 4. The molecule has 10 aromatic rings. The molecule has 8 aromatic carbocycles. The molecule has 238 valence electrons. The van der Waals surface area contributed by atoms with E-state index in [0.29, 0.717) is 17.5 Å². The van der Waals surface area contributed by atoms with Gasteiger partial charge in [0.25, 0.3) is 0 Å². The van der Waals surface area contributed by atoms with Crippen molar-refractivity contribution < 1.29 is 4.42 Å². The molecule has 0 spiro atoms. The zero-order chi connectivity index (χ0) is 33.7. The van der Waals surface area contributed by atoms with E-state index in [1.165, 1.54) is 21.9 Å². The van der Waals surface area contributed by atoms with Crippen LogP contribution in [0.5, 0.6) is 0 Å². The summed E-state index contributed by atoms with van der Waals surface area (Å²) in [5, 5.41) is 6.61. The summed E-state index contributed by atoms with van der Waals surface area (Å²) in [7, 11) is 0. The first kappa shape index (κ1) is 29.0. The Kier molecular flexibility index (Phi) is 6.78. The van der Waals surface area contributed by atoms with Crippen molar-refractivity contribution in [2.75, 3.05) is 0 Å². The van der Waals surface area contributed by atoms with Crippen molar-refractivity contribution in [1.82, 2.24) is 15.0 Å². The molecule has 0 radical (unpaired) electrons.